The van der Waals surface area contributed by atoms with Gasteiger partial charge in [-0.25, -0.2) is 4.98 Å². The van der Waals surface area contributed by atoms with Crippen LogP contribution in [-0.2, 0) is 11.2 Å². The molecule has 6 heteroatoms. The molecule has 2 N–H and O–H groups in total. The van der Waals surface area contributed by atoms with Crippen molar-refractivity contribution in [3.8, 4) is 11.1 Å². The first-order valence-corrected chi connectivity index (χ1v) is 9.33. The molecule has 1 amide bonds. The molecule has 0 fully saturated rings. The van der Waals surface area contributed by atoms with E-state index in [1.807, 2.05) is 49.6 Å². The molecule has 5 nitrogen and oxygen atoms in total. The number of hydrogen-bond acceptors (Lipinski definition) is 4. The van der Waals surface area contributed by atoms with Crippen LogP contribution in [0.4, 0.5) is 0 Å². The predicted molar refractivity (Wildman–Crippen MR) is 102 cm³/mol. The van der Waals surface area contributed by atoms with Gasteiger partial charge in [0.05, 0.1) is 5.39 Å². The van der Waals surface area contributed by atoms with Crippen LogP contribution < -0.4 is 11.3 Å². The minimum atomic E-state index is -0.672. The second-order valence-electron chi connectivity index (χ2n) is 5.98. The van der Waals surface area contributed by atoms with Gasteiger partial charge in [0, 0.05) is 17.4 Å². The van der Waals surface area contributed by atoms with Gasteiger partial charge >= 0.3 is 0 Å². The summed E-state index contributed by atoms with van der Waals surface area (Å²) in [6.07, 6.45) is 1.93. The van der Waals surface area contributed by atoms with Crippen LogP contribution in [0.3, 0.4) is 0 Å². The standard InChI is InChI=1S/C19H21N3O2S/c1-3-8-15-21-18-16(19(24)22(15)14(4-2)17(20)23)13(11-25-18)12-9-6-5-7-10-12/h5-7,9-11,14H,3-4,8H2,1-2H3,(H2,20,23). The number of aromatic nitrogens is 2. The average molecular weight is 355 g/mol. The summed E-state index contributed by atoms with van der Waals surface area (Å²) in [5.41, 5.74) is 7.20. The number of rotatable bonds is 6. The average Bonchev–Trinajstić information content (AvgIpc) is 3.03. The third kappa shape index (κ3) is 3.09. The molecule has 0 aliphatic heterocycles. The summed E-state index contributed by atoms with van der Waals surface area (Å²) in [7, 11) is 0. The first-order chi connectivity index (χ1) is 12.1. The molecule has 25 heavy (non-hydrogen) atoms. The molecule has 3 aromatic rings. The van der Waals surface area contributed by atoms with Gasteiger partial charge in [0.15, 0.2) is 0 Å². The summed E-state index contributed by atoms with van der Waals surface area (Å²) in [5.74, 6) is 0.131. The van der Waals surface area contributed by atoms with Crippen molar-refractivity contribution in [3.63, 3.8) is 0 Å². The Morgan fingerprint density at radius 1 is 1.28 bits per heavy atom. The van der Waals surface area contributed by atoms with Gasteiger partial charge in [-0.2, -0.15) is 0 Å². The number of fused-ring (bicyclic) bond motifs is 1. The van der Waals surface area contributed by atoms with Crippen molar-refractivity contribution in [2.24, 2.45) is 5.73 Å². The molecule has 130 valence electrons. The zero-order valence-corrected chi connectivity index (χ0v) is 15.2. The predicted octanol–water partition coefficient (Wildman–Crippen LogP) is 3.51. The fraction of sp³-hybridized carbons (Fsp3) is 0.316. The number of benzene rings is 1. The molecular weight excluding hydrogens is 334 g/mol. The molecule has 1 atom stereocenters. The van der Waals surface area contributed by atoms with Gasteiger partial charge in [-0.05, 0) is 18.4 Å². The number of amides is 1. The fourth-order valence-corrected chi connectivity index (χ4v) is 4.06. The number of carbonyl (C=O) groups is 1. The highest BCUT2D eigenvalue weighted by Gasteiger charge is 2.24. The number of aryl methyl sites for hydroxylation is 1. The monoisotopic (exact) mass is 355 g/mol. The van der Waals surface area contributed by atoms with Crippen molar-refractivity contribution in [1.82, 2.24) is 9.55 Å². The lowest BCUT2D eigenvalue weighted by Gasteiger charge is -2.19. The first-order valence-electron chi connectivity index (χ1n) is 8.45. The quantitative estimate of drug-likeness (QED) is 0.735. The summed E-state index contributed by atoms with van der Waals surface area (Å²) >= 11 is 1.46. The van der Waals surface area contributed by atoms with Crippen molar-refractivity contribution < 1.29 is 4.79 Å². The van der Waals surface area contributed by atoms with Gasteiger partial charge < -0.3 is 5.73 Å². The van der Waals surface area contributed by atoms with Crippen molar-refractivity contribution in [2.75, 3.05) is 0 Å². The van der Waals surface area contributed by atoms with Crippen LogP contribution in [0, 0.1) is 0 Å². The number of thiophene rings is 1. The Labute approximate surface area is 150 Å². The maximum Gasteiger partial charge on any atom is 0.263 e. The molecule has 0 radical (unpaired) electrons. The number of primary amides is 1. The van der Waals surface area contributed by atoms with E-state index in [1.165, 1.54) is 15.9 Å². The maximum absolute atomic E-state index is 13.3. The van der Waals surface area contributed by atoms with Gasteiger partial charge in [-0.1, -0.05) is 44.2 Å². The van der Waals surface area contributed by atoms with E-state index in [0.717, 1.165) is 17.5 Å². The summed E-state index contributed by atoms with van der Waals surface area (Å²) in [5, 5.41) is 2.52. The van der Waals surface area contributed by atoms with Crippen molar-refractivity contribution in [1.29, 1.82) is 0 Å². The Morgan fingerprint density at radius 3 is 2.60 bits per heavy atom. The van der Waals surface area contributed by atoms with Crippen LogP contribution in [0.5, 0.6) is 0 Å². The van der Waals surface area contributed by atoms with Gasteiger partial charge in [-0.3, -0.25) is 14.2 Å². The lowest BCUT2D eigenvalue weighted by atomic mass is 10.1. The van der Waals surface area contributed by atoms with Gasteiger partial charge in [-0.15, -0.1) is 11.3 Å². The molecule has 0 saturated carbocycles. The van der Waals surface area contributed by atoms with E-state index < -0.39 is 11.9 Å². The second kappa shape index (κ2) is 7.19. The number of hydrogen-bond donors (Lipinski definition) is 1. The highest BCUT2D eigenvalue weighted by atomic mass is 32.1. The molecule has 1 aromatic carbocycles. The molecule has 2 heterocycles. The van der Waals surface area contributed by atoms with Crippen LogP contribution >= 0.6 is 11.3 Å². The van der Waals surface area contributed by atoms with Crippen LogP contribution in [0.25, 0.3) is 21.3 Å². The van der Waals surface area contributed by atoms with Crippen LogP contribution in [0.2, 0.25) is 0 Å². The Kier molecular flexibility index (Phi) is 4.99. The van der Waals surface area contributed by atoms with Crippen molar-refractivity contribution >= 4 is 27.5 Å². The fourth-order valence-electron chi connectivity index (χ4n) is 3.11. The van der Waals surface area contributed by atoms with E-state index in [2.05, 4.69) is 0 Å². The Bertz CT molecular complexity index is 960. The highest BCUT2D eigenvalue weighted by Crippen LogP contribution is 2.31. The van der Waals surface area contributed by atoms with E-state index in [0.29, 0.717) is 28.9 Å². The summed E-state index contributed by atoms with van der Waals surface area (Å²) < 4.78 is 1.51. The van der Waals surface area contributed by atoms with Gasteiger partial charge in [0.2, 0.25) is 5.91 Å². The summed E-state index contributed by atoms with van der Waals surface area (Å²) in [6, 6.07) is 9.08. The lowest BCUT2D eigenvalue weighted by Crippen LogP contribution is -2.36. The zero-order valence-electron chi connectivity index (χ0n) is 14.4. The van der Waals surface area contributed by atoms with Gasteiger partial charge in [0.25, 0.3) is 5.56 Å². The summed E-state index contributed by atoms with van der Waals surface area (Å²) in [4.78, 5) is 30.6. The molecule has 3 rings (SSSR count). The Hall–Kier alpha value is -2.47. The zero-order chi connectivity index (χ0) is 18.0. The van der Waals surface area contributed by atoms with Crippen molar-refractivity contribution in [3.05, 3.63) is 51.9 Å². The molecular formula is C19H21N3O2S. The van der Waals surface area contributed by atoms with E-state index in [-0.39, 0.29) is 5.56 Å². The molecule has 0 bridgehead atoms. The minimum Gasteiger partial charge on any atom is -0.368 e. The summed E-state index contributed by atoms with van der Waals surface area (Å²) in [6.45, 7) is 3.88. The third-order valence-corrected chi connectivity index (χ3v) is 5.17. The topological polar surface area (TPSA) is 78.0 Å². The van der Waals surface area contributed by atoms with Crippen molar-refractivity contribution in [2.45, 2.75) is 39.2 Å². The van der Waals surface area contributed by atoms with Crippen LogP contribution in [0.15, 0.2) is 40.5 Å². The smallest absolute Gasteiger partial charge is 0.263 e. The SMILES string of the molecule is CCCc1nc2scc(-c3ccccc3)c2c(=O)n1C(CC)C(N)=O. The Morgan fingerprint density at radius 2 is 2.00 bits per heavy atom. The van der Waals surface area contributed by atoms with E-state index in [1.54, 1.807) is 0 Å². The molecule has 2 aromatic heterocycles. The minimum absolute atomic E-state index is 0.181. The molecule has 0 saturated heterocycles. The molecule has 0 aliphatic carbocycles. The largest absolute Gasteiger partial charge is 0.368 e. The van der Waals surface area contributed by atoms with E-state index in [4.69, 9.17) is 10.7 Å². The third-order valence-electron chi connectivity index (χ3n) is 4.30. The number of nitrogens with zero attached hydrogens (tertiary/aromatic N) is 2. The Balaban J connectivity index is 2.33. The molecule has 0 aliphatic rings. The molecule has 0 spiro atoms. The second-order valence-corrected chi connectivity index (χ2v) is 6.83. The number of carbonyl (C=O) groups excluding carboxylic acids is 1. The maximum atomic E-state index is 13.3. The normalized spacial score (nSPS) is 12.4. The van der Waals surface area contributed by atoms with E-state index in [9.17, 15) is 9.59 Å². The lowest BCUT2D eigenvalue weighted by molar-refractivity contribution is -0.121. The van der Waals surface area contributed by atoms with Gasteiger partial charge in [0.1, 0.15) is 16.7 Å². The molecule has 1 unspecified atom stereocenters. The van der Waals surface area contributed by atoms with E-state index >= 15 is 0 Å². The first kappa shape index (κ1) is 17.4. The number of nitrogens with two attached hydrogens (primary N) is 1. The highest BCUT2D eigenvalue weighted by molar-refractivity contribution is 7.17. The van der Waals surface area contributed by atoms with Crippen LogP contribution in [-0.4, -0.2) is 15.5 Å². The van der Waals surface area contributed by atoms with Crippen LogP contribution in [0.1, 0.15) is 38.6 Å².